The molecule has 0 aliphatic carbocycles. The molecule has 2 aliphatic rings. The van der Waals surface area contributed by atoms with Crippen LogP contribution in [-0.4, -0.2) is 69.2 Å². The summed E-state index contributed by atoms with van der Waals surface area (Å²) in [5.74, 6) is -0.956. The number of nitrogens with zero attached hydrogens (tertiary/aromatic N) is 4. The van der Waals surface area contributed by atoms with Gasteiger partial charge in [0, 0.05) is 25.8 Å². The molecule has 2 amide bonds. The van der Waals surface area contributed by atoms with Crippen LogP contribution in [0.25, 0.3) is 11.7 Å². The standard InChI is InChI=1S/C24H27N5O5S2/c1-3-4-6-11-29-23(33)17(36-24(29)35)13-15-20(26-18-8-5-7-10-28(18)22(15)32)27-12-9-25-21(31)16(27)14-19(30)34-2/h5,7-8,10,13,16H,3-4,6,9,11-12,14H2,1-2H3,(H,25,31)/b17-13-/t16-/m0/s1. The topological polar surface area (TPSA) is 113 Å². The van der Waals surface area contributed by atoms with Crippen LogP contribution in [0.5, 0.6) is 0 Å². The van der Waals surface area contributed by atoms with Crippen molar-refractivity contribution >= 4 is 63.6 Å². The summed E-state index contributed by atoms with van der Waals surface area (Å²) in [7, 11) is 1.25. The monoisotopic (exact) mass is 529 g/mol. The average Bonchev–Trinajstić information content (AvgIpc) is 3.14. The number of nitrogens with one attached hydrogen (secondary N) is 1. The Hall–Kier alpha value is -3.25. The molecule has 4 heterocycles. The predicted octanol–water partition coefficient (Wildman–Crippen LogP) is 1.95. The maximum absolute atomic E-state index is 13.6. The summed E-state index contributed by atoms with van der Waals surface area (Å²) in [6.45, 7) is 3.23. The van der Waals surface area contributed by atoms with Crippen molar-refractivity contribution in [1.29, 1.82) is 0 Å². The van der Waals surface area contributed by atoms with Gasteiger partial charge in [-0.05, 0) is 24.6 Å². The second-order valence-corrected chi connectivity index (χ2v) is 10.1. The number of hydrogen-bond donors (Lipinski definition) is 1. The van der Waals surface area contributed by atoms with E-state index in [2.05, 4.69) is 17.2 Å². The fourth-order valence-electron chi connectivity index (χ4n) is 4.19. The van der Waals surface area contributed by atoms with Gasteiger partial charge in [-0.25, -0.2) is 4.98 Å². The third-order valence-electron chi connectivity index (χ3n) is 6.07. The fourth-order valence-corrected chi connectivity index (χ4v) is 5.48. The predicted molar refractivity (Wildman–Crippen MR) is 142 cm³/mol. The largest absolute Gasteiger partial charge is 0.469 e. The van der Waals surface area contributed by atoms with Crippen molar-refractivity contribution in [2.75, 3.05) is 31.6 Å². The number of aromatic nitrogens is 2. The van der Waals surface area contributed by atoms with Crippen LogP contribution in [0, 0.1) is 0 Å². The highest BCUT2D eigenvalue weighted by molar-refractivity contribution is 8.26. The third kappa shape index (κ3) is 5.14. The lowest BCUT2D eigenvalue weighted by Gasteiger charge is -2.36. The molecule has 0 bridgehead atoms. The van der Waals surface area contributed by atoms with E-state index in [1.54, 1.807) is 34.2 Å². The molecule has 2 aromatic heterocycles. The van der Waals surface area contributed by atoms with Crippen LogP contribution in [0.1, 0.15) is 38.2 Å². The molecule has 190 valence electrons. The van der Waals surface area contributed by atoms with Gasteiger partial charge >= 0.3 is 5.97 Å². The Balaban J connectivity index is 1.82. The van der Waals surface area contributed by atoms with E-state index in [0.717, 1.165) is 31.0 Å². The first-order chi connectivity index (χ1) is 17.3. The molecule has 2 aromatic rings. The number of hydrogen-bond acceptors (Lipinski definition) is 9. The first kappa shape index (κ1) is 25.8. The molecule has 0 unspecified atom stereocenters. The Morgan fingerprint density at radius 1 is 1.31 bits per heavy atom. The number of thioether (sulfide) groups is 1. The van der Waals surface area contributed by atoms with Crippen molar-refractivity contribution in [1.82, 2.24) is 19.6 Å². The smallest absolute Gasteiger partial charge is 0.308 e. The second-order valence-electron chi connectivity index (χ2n) is 8.40. The van der Waals surface area contributed by atoms with Crippen molar-refractivity contribution < 1.29 is 19.1 Å². The lowest BCUT2D eigenvalue weighted by Crippen LogP contribution is -2.57. The van der Waals surface area contributed by atoms with Gasteiger partial charge in [-0.15, -0.1) is 0 Å². The Kier molecular flexibility index (Phi) is 8.04. The number of amides is 2. The molecular formula is C24H27N5O5S2. The Morgan fingerprint density at radius 2 is 2.11 bits per heavy atom. The van der Waals surface area contributed by atoms with E-state index < -0.39 is 17.6 Å². The third-order valence-corrected chi connectivity index (χ3v) is 7.45. The molecule has 2 fully saturated rings. The summed E-state index contributed by atoms with van der Waals surface area (Å²) >= 11 is 6.58. The van der Waals surface area contributed by atoms with Crippen LogP contribution in [0.15, 0.2) is 34.1 Å². The molecule has 0 saturated carbocycles. The van der Waals surface area contributed by atoms with Crippen molar-refractivity contribution in [3.05, 3.63) is 45.2 Å². The number of anilines is 1. The van der Waals surface area contributed by atoms with Gasteiger partial charge in [0.25, 0.3) is 11.5 Å². The second kappa shape index (κ2) is 11.2. The first-order valence-corrected chi connectivity index (χ1v) is 13.0. The molecule has 4 rings (SSSR count). The highest BCUT2D eigenvalue weighted by Crippen LogP contribution is 2.34. The number of esters is 1. The van der Waals surface area contributed by atoms with Crippen molar-refractivity contribution in [3.63, 3.8) is 0 Å². The molecule has 1 atom stereocenters. The van der Waals surface area contributed by atoms with Crippen LogP contribution >= 0.6 is 24.0 Å². The highest BCUT2D eigenvalue weighted by Gasteiger charge is 2.36. The van der Waals surface area contributed by atoms with Gasteiger partial charge < -0.3 is 15.0 Å². The molecule has 2 aliphatic heterocycles. The molecule has 2 saturated heterocycles. The molecule has 10 nitrogen and oxygen atoms in total. The summed E-state index contributed by atoms with van der Waals surface area (Å²) in [6, 6.07) is 4.23. The van der Waals surface area contributed by atoms with E-state index in [-0.39, 0.29) is 29.6 Å². The van der Waals surface area contributed by atoms with Gasteiger partial charge in [-0.2, -0.15) is 0 Å². The highest BCUT2D eigenvalue weighted by atomic mass is 32.2. The molecule has 0 spiro atoms. The van der Waals surface area contributed by atoms with E-state index >= 15 is 0 Å². The number of ether oxygens (including phenoxy) is 1. The Labute approximate surface area is 217 Å². The average molecular weight is 530 g/mol. The SMILES string of the molecule is CCCCCN1C(=O)/C(=C/c2c(N3CCNC(=O)[C@@H]3CC(=O)OC)nc3ccccn3c2=O)SC1=S. The summed E-state index contributed by atoms with van der Waals surface area (Å²) in [5, 5.41) is 2.75. The maximum Gasteiger partial charge on any atom is 0.308 e. The number of pyridine rings is 1. The van der Waals surface area contributed by atoms with E-state index in [9.17, 15) is 19.2 Å². The molecule has 0 aromatic carbocycles. The zero-order valence-electron chi connectivity index (χ0n) is 20.1. The molecule has 0 radical (unpaired) electrons. The number of piperazine rings is 1. The fraction of sp³-hybridized carbons (Fsp3) is 0.417. The normalized spacial score (nSPS) is 19.3. The minimum absolute atomic E-state index is 0.150. The number of carbonyl (C=O) groups is 3. The van der Waals surface area contributed by atoms with Gasteiger partial charge in [0.1, 0.15) is 21.8 Å². The van der Waals surface area contributed by atoms with E-state index in [0.29, 0.717) is 34.5 Å². The number of methoxy groups -OCH3 is 1. The maximum atomic E-state index is 13.6. The van der Waals surface area contributed by atoms with Crippen molar-refractivity contribution in [3.8, 4) is 0 Å². The van der Waals surface area contributed by atoms with Crippen LogP contribution in [0.2, 0.25) is 0 Å². The molecule has 1 N–H and O–H groups in total. The minimum Gasteiger partial charge on any atom is -0.469 e. The number of rotatable bonds is 8. The molecule has 36 heavy (non-hydrogen) atoms. The summed E-state index contributed by atoms with van der Waals surface area (Å²) in [6.07, 6.45) is 5.72. The van der Waals surface area contributed by atoms with Crippen molar-refractivity contribution in [2.24, 2.45) is 0 Å². The number of fused-ring (bicyclic) bond motifs is 1. The van der Waals surface area contributed by atoms with Crippen LogP contribution in [-0.2, 0) is 19.1 Å². The van der Waals surface area contributed by atoms with Crippen LogP contribution in [0.4, 0.5) is 5.82 Å². The van der Waals surface area contributed by atoms with Gasteiger partial charge in [-0.3, -0.25) is 28.5 Å². The Morgan fingerprint density at radius 3 is 2.86 bits per heavy atom. The van der Waals surface area contributed by atoms with Crippen LogP contribution < -0.4 is 15.8 Å². The zero-order chi connectivity index (χ0) is 25.8. The lowest BCUT2D eigenvalue weighted by molar-refractivity contribution is -0.143. The van der Waals surface area contributed by atoms with Gasteiger partial charge in [0.15, 0.2) is 0 Å². The zero-order valence-corrected chi connectivity index (χ0v) is 21.7. The van der Waals surface area contributed by atoms with Gasteiger partial charge in [0.05, 0.1) is 24.0 Å². The van der Waals surface area contributed by atoms with E-state index in [1.165, 1.54) is 17.6 Å². The summed E-state index contributed by atoms with van der Waals surface area (Å²) in [4.78, 5) is 59.8. The number of thiocarbonyl (C=S) groups is 1. The number of unbranched alkanes of at least 4 members (excludes halogenated alkanes) is 2. The summed E-state index contributed by atoms with van der Waals surface area (Å²) in [5.41, 5.74) is 0.136. The first-order valence-electron chi connectivity index (χ1n) is 11.7. The van der Waals surface area contributed by atoms with Gasteiger partial charge in [0.2, 0.25) is 5.91 Å². The van der Waals surface area contributed by atoms with Gasteiger partial charge in [-0.1, -0.05) is 49.8 Å². The molecular weight excluding hydrogens is 502 g/mol. The summed E-state index contributed by atoms with van der Waals surface area (Å²) < 4.78 is 6.61. The molecule has 12 heteroatoms. The van der Waals surface area contributed by atoms with E-state index in [4.69, 9.17) is 17.0 Å². The quantitative estimate of drug-likeness (QED) is 0.237. The van der Waals surface area contributed by atoms with Crippen molar-refractivity contribution in [2.45, 2.75) is 38.6 Å². The number of carbonyl (C=O) groups excluding carboxylic acids is 3. The minimum atomic E-state index is -0.917. The van der Waals surface area contributed by atoms with E-state index in [1.807, 2.05) is 0 Å². The van der Waals surface area contributed by atoms with Crippen LogP contribution in [0.3, 0.4) is 0 Å². The Bertz CT molecular complexity index is 1310. The lowest BCUT2D eigenvalue weighted by atomic mass is 10.1.